The molecule has 0 radical (unpaired) electrons. The Labute approximate surface area is 152 Å². The number of rotatable bonds is 11. The molecule has 0 spiro atoms. The molecule has 9 nitrogen and oxygen atoms in total. The van der Waals surface area contributed by atoms with Gasteiger partial charge < -0.3 is 25.1 Å². The van der Waals surface area contributed by atoms with Crippen LogP contribution in [0.3, 0.4) is 0 Å². The predicted molar refractivity (Wildman–Crippen MR) is 94.9 cm³/mol. The quantitative estimate of drug-likeness (QED) is 0.369. The number of H-pyrrole nitrogens is 1. The van der Waals surface area contributed by atoms with Crippen molar-refractivity contribution in [3.63, 3.8) is 0 Å². The van der Waals surface area contributed by atoms with Crippen LogP contribution in [-0.4, -0.2) is 53.4 Å². The molecule has 1 aromatic heterocycles. The molecular formula is C17H29N3O6. The average molecular weight is 371 g/mol. The van der Waals surface area contributed by atoms with Gasteiger partial charge in [0, 0.05) is 24.8 Å². The van der Waals surface area contributed by atoms with Crippen LogP contribution < -0.4 is 17.0 Å². The van der Waals surface area contributed by atoms with E-state index in [0.717, 1.165) is 25.7 Å². The van der Waals surface area contributed by atoms with Gasteiger partial charge in [-0.25, -0.2) is 4.79 Å². The maximum absolute atomic E-state index is 12.0. The number of aliphatic hydroxyl groups is 1. The van der Waals surface area contributed by atoms with Gasteiger partial charge in [-0.2, -0.15) is 0 Å². The van der Waals surface area contributed by atoms with E-state index in [9.17, 15) is 14.7 Å². The molecule has 148 valence electrons. The number of nitrogens with zero attached hydrogens (tertiary/aromatic N) is 1. The van der Waals surface area contributed by atoms with E-state index in [0.29, 0.717) is 25.1 Å². The molecule has 1 saturated heterocycles. The molecule has 0 aliphatic carbocycles. The first-order valence-electron chi connectivity index (χ1n) is 9.04. The van der Waals surface area contributed by atoms with Crippen LogP contribution in [-0.2, 0) is 14.2 Å². The highest BCUT2D eigenvalue weighted by atomic mass is 16.7. The maximum atomic E-state index is 12.0. The highest BCUT2D eigenvalue weighted by Gasteiger charge is 2.37. The molecule has 0 bridgehead atoms. The first kappa shape index (κ1) is 20.8. The second kappa shape index (κ2) is 10.6. The fourth-order valence-corrected chi connectivity index (χ4v) is 2.91. The Morgan fingerprint density at radius 1 is 1.35 bits per heavy atom. The third-order valence-electron chi connectivity index (χ3n) is 4.42. The van der Waals surface area contributed by atoms with Crippen molar-refractivity contribution in [2.45, 2.75) is 57.5 Å². The zero-order valence-electron chi connectivity index (χ0n) is 15.2. The average Bonchev–Trinajstić information content (AvgIpc) is 3.03. The lowest BCUT2D eigenvalue weighted by Crippen LogP contribution is -2.33. The van der Waals surface area contributed by atoms with E-state index in [1.54, 1.807) is 6.92 Å². The monoisotopic (exact) mass is 371 g/mol. The van der Waals surface area contributed by atoms with Gasteiger partial charge in [-0.15, -0.1) is 0 Å². The molecule has 26 heavy (non-hydrogen) atoms. The number of nitrogens with one attached hydrogen (secondary N) is 1. The molecule has 1 fully saturated rings. The lowest BCUT2D eigenvalue weighted by molar-refractivity contribution is -0.119. The van der Waals surface area contributed by atoms with Crippen LogP contribution in [0.4, 0.5) is 0 Å². The topological polar surface area (TPSA) is 129 Å². The minimum atomic E-state index is -0.600. The highest BCUT2D eigenvalue weighted by Crippen LogP contribution is 2.29. The molecule has 2 rings (SSSR count). The molecule has 2 heterocycles. The van der Waals surface area contributed by atoms with Crippen molar-refractivity contribution >= 4 is 0 Å². The number of ether oxygens (including phenoxy) is 3. The molecule has 0 amide bonds. The molecule has 0 unspecified atom stereocenters. The fourth-order valence-electron chi connectivity index (χ4n) is 2.91. The molecule has 1 aliphatic heterocycles. The number of hydrogen-bond donors (Lipinski definition) is 3. The fraction of sp³-hybridized carbons (Fsp3) is 0.765. The maximum Gasteiger partial charge on any atom is 0.330 e. The number of aromatic amines is 1. The van der Waals surface area contributed by atoms with Gasteiger partial charge in [0.15, 0.2) is 0 Å². The van der Waals surface area contributed by atoms with E-state index in [4.69, 9.17) is 19.9 Å². The van der Waals surface area contributed by atoms with Crippen molar-refractivity contribution in [1.82, 2.24) is 9.55 Å². The van der Waals surface area contributed by atoms with Crippen molar-refractivity contribution in [1.29, 1.82) is 0 Å². The molecule has 9 heteroatoms. The first-order valence-corrected chi connectivity index (χ1v) is 9.04. The van der Waals surface area contributed by atoms with Crippen molar-refractivity contribution in [2.75, 3.05) is 26.6 Å². The van der Waals surface area contributed by atoms with E-state index >= 15 is 0 Å². The molecule has 1 aliphatic rings. The van der Waals surface area contributed by atoms with Gasteiger partial charge in [0.05, 0.1) is 12.7 Å². The Hall–Kier alpha value is -1.52. The lowest BCUT2D eigenvalue weighted by Gasteiger charge is -2.16. The van der Waals surface area contributed by atoms with Crippen LogP contribution in [0.1, 0.15) is 43.9 Å². The first-order chi connectivity index (χ1) is 12.6. The minimum absolute atomic E-state index is 0.105. The van der Waals surface area contributed by atoms with Crippen LogP contribution >= 0.6 is 0 Å². The Bertz CT molecular complexity index is 659. The van der Waals surface area contributed by atoms with Crippen molar-refractivity contribution in [2.24, 2.45) is 5.73 Å². The Morgan fingerprint density at radius 3 is 2.85 bits per heavy atom. The highest BCUT2D eigenvalue weighted by molar-refractivity contribution is 5.02. The smallest absolute Gasteiger partial charge is 0.330 e. The van der Waals surface area contributed by atoms with Gasteiger partial charge in [-0.1, -0.05) is 12.8 Å². The summed E-state index contributed by atoms with van der Waals surface area (Å²) in [6.45, 7) is 2.81. The molecule has 1 aromatic rings. The summed E-state index contributed by atoms with van der Waals surface area (Å²) >= 11 is 0. The number of aryl methyl sites for hydroxylation is 1. The van der Waals surface area contributed by atoms with E-state index in [2.05, 4.69) is 4.98 Å². The summed E-state index contributed by atoms with van der Waals surface area (Å²) in [5.41, 5.74) is 4.89. The van der Waals surface area contributed by atoms with Crippen LogP contribution in [0.15, 0.2) is 15.8 Å². The standard InChI is InChI=1S/C17H29N3O6/c1-12-9-20(17(23)19-16(12)22)15-8-13(14(10-21)26-15)25-11-24-7-5-3-2-4-6-18/h9,13-15,21H,2-8,10-11,18H2,1H3,(H,19,22,23)/t13-,14+,15+/m0/s1. The molecule has 0 saturated carbocycles. The predicted octanol–water partition coefficient (Wildman–Crippen LogP) is 0.00322. The number of nitrogens with two attached hydrogens (primary N) is 1. The van der Waals surface area contributed by atoms with Crippen LogP contribution in [0.2, 0.25) is 0 Å². The summed E-state index contributed by atoms with van der Waals surface area (Å²) in [6.07, 6.45) is 4.45. The normalized spacial score (nSPS) is 22.8. The van der Waals surface area contributed by atoms with Gasteiger partial charge in [0.2, 0.25) is 0 Å². The van der Waals surface area contributed by atoms with Crippen molar-refractivity contribution in [3.8, 4) is 0 Å². The van der Waals surface area contributed by atoms with Gasteiger partial charge in [0.25, 0.3) is 5.56 Å². The van der Waals surface area contributed by atoms with Gasteiger partial charge >= 0.3 is 5.69 Å². The van der Waals surface area contributed by atoms with E-state index in [1.807, 2.05) is 0 Å². The summed E-state index contributed by atoms with van der Waals surface area (Å²) in [7, 11) is 0. The summed E-state index contributed by atoms with van der Waals surface area (Å²) in [5.74, 6) is 0. The second-order valence-corrected chi connectivity index (χ2v) is 6.46. The number of hydrogen-bond acceptors (Lipinski definition) is 7. The van der Waals surface area contributed by atoms with E-state index in [-0.39, 0.29) is 19.5 Å². The number of aliphatic hydroxyl groups excluding tert-OH is 1. The third-order valence-corrected chi connectivity index (χ3v) is 4.42. The summed E-state index contributed by atoms with van der Waals surface area (Å²) in [5, 5.41) is 9.49. The number of aromatic nitrogens is 2. The zero-order chi connectivity index (χ0) is 18.9. The Balaban J connectivity index is 1.81. The lowest BCUT2D eigenvalue weighted by atomic mass is 10.2. The van der Waals surface area contributed by atoms with Crippen molar-refractivity contribution in [3.05, 3.63) is 32.6 Å². The molecule has 3 atom stereocenters. The van der Waals surface area contributed by atoms with Crippen LogP contribution in [0.25, 0.3) is 0 Å². The largest absolute Gasteiger partial charge is 0.394 e. The third kappa shape index (κ3) is 5.75. The summed E-state index contributed by atoms with van der Waals surface area (Å²) in [6, 6.07) is 0. The second-order valence-electron chi connectivity index (χ2n) is 6.46. The van der Waals surface area contributed by atoms with Gasteiger partial charge in [0.1, 0.15) is 19.1 Å². The summed E-state index contributed by atoms with van der Waals surface area (Å²) in [4.78, 5) is 25.7. The van der Waals surface area contributed by atoms with E-state index in [1.165, 1.54) is 10.8 Å². The SMILES string of the molecule is Cc1cn([C@H]2C[C@H](OCOCCCCCCN)[C@@H](CO)O2)c(=O)[nH]c1=O. The Kier molecular flexibility index (Phi) is 8.46. The number of unbranched alkanes of at least 4 members (excludes halogenated alkanes) is 3. The van der Waals surface area contributed by atoms with Gasteiger partial charge in [-0.05, 0) is 26.3 Å². The van der Waals surface area contributed by atoms with Crippen molar-refractivity contribution < 1.29 is 19.3 Å². The van der Waals surface area contributed by atoms with Gasteiger partial charge in [-0.3, -0.25) is 14.3 Å². The summed E-state index contributed by atoms with van der Waals surface area (Å²) < 4.78 is 18.2. The van der Waals surface area contributed by atoms with Crippen LogP contribution in [0.5, 0.6) is 0 Å². The minimum Gasteiger partial charge on any atom is -0.394 e. The molecule has 0 aromatic carbocycles. The van der Waals surface area contributed by atoms with Crippen LogP contribution in [0, 0.1) is 6.92 Å². The zero-order valence-corrected chi connectivity index (χ0v) is 15.2. The van der Waals surface area contributed by atoms with E-state index < -0.39 is 23.6 Å². The molecule has 4 N–H and O–H groups in total. The Morgan fingerprint density at radius 2 is 2.12 bits per heavy atom. The molecular weight excluding hydrogens is 342 g/mol.